The summed E-state index contributed by atoms with van der Waals surface area (Å²) in [6.45, 7) is 0. The van der Waals surface area contributed by atoms with E-state index in [0.29, 0.717) is 5.69 Å². The average Bonchev–Trinajstić information content (AvgIpc) is 2.88. The van der Waals surface area contributed by atoms with Gasteiger partial charge in [0.2, 0.25) is 10.0 Å². The van der Waals surface area contributed by atoms with Crippen LogP contribution in [0.5, 0.6) is 0 Å². The first-order chi connectivity index (χ1) is 9.87. The Bertz CT molecular complexity index is 601. The Kier molecular flexibility index (Phi) is 4.75. The molecule has 1 aliphatic rings. The molecule has 2 unspecified atom stereocenters. The van der Waals surface area contributed by atoms with E-state index < -0.39 is 10.0 Å². The molecule has 0 heterocycles. The van der Waals surface area contributed by atoms with E-state index in [1.165, 1.54) is 20.2 Å². The van der Waals surface area contributed by atoms with Gasteiger partial charge in [-0.15, -0.1) is 0 Å². The first-order valence-electron chi connectivity index (χ1n) is 6.98. The van der Waals surface area contributed by atoms with Crippen molar-refractivity contribution in [3.8, 4) is 0 Å². The van der Waals surface area contributed by atoms with Crippen LogP contribution in [0.25, 0.3) is 0 Å². The van der Waals surface area contributed by atoms with Crippen molar-refractivity contribution in [1.82, 2.24) is 4.31 Å². The number of sulfonamides is 1. The number of nitrogens with one attached hydrogen (secondary N) is 1. The van der Waals surface area contributed by atoms with Gasteiger partial charge in [0.1, 0.15) is 4.90 Å². The van der Waals surface area contributed by atoms with Crippen molar-refractivity contribution in [2.45, 2.75) is 36.3 Å². The molecule has 1 saturated carbocycles. The second-order valence-corrected chi connectivity index (χ2v) is 7.58. The van der Waals surface area contributed by atoms with Crippen LogP contribution in [-0.2, 0) is 14.8 Å². The lowest BCUT2D eigenvalue weighted by Crippen LogP contribution is -2.30. The van der Waals surface area contributed by atoms with Crippen molar-refractivity contribution in [3.05, 3.63) is 18.2 Å². The summed E-state index contributed by atoms with van der Waals surface area (Å²) in [6.07, 6.45) is 3.22. The van der Waals surface area contributed by atoms with Gasteiger partial charge in [-0.2, -0.15) is 0 Å². The van der Waals surface area contributed by atoms with Gasteiger partial charge in [0.25, 0.3) is 0 Å². The average molecular weight is 313 g/mol. The van der Waals surface area contributed by atoms with Crippen molar-refractivity contribution in [2.75, 3.05) is 32.3 Å². The zero-order valence-electron chi connectivity index (χ0n) is 12.7. The zero-order chi connectivity index (χ0) is 15.6. The molecule has 0 aromatic heterocycles. The normalized spacial score (nSPS) is 22.7. The topological polar surface area (TPSA) is 84.7 Å². The van der Waals surface area contributed by atoms with Crippen molar-refractivity contribution >= 4 is 21.4 Å². The smallest absolute Gasteiger partial charge is 0.244 e. The lowest BCUT2D eigenvalue weighted by atomic mass is 10.2. The van der Waals surface area contributed by atoms with Gasteiger partial charge < -0.3 is 15.8 Å². The molecule has 2 atom stereocenters. The minimum atomic E-state index is -3.55. The van der Waals surface area contributed by atoms with Crippen LogP contribution < -0.4 is 11.1 Å². The summed E-state index contributed by atoms with van der Waals surface area (Å²) in [5, 5.41) is 3.33. The van der Waals surface area contributed by atoms with Gasteiger partial charge in [-0.05, 0) is 31.4 Å². The predicted octanol–water partition coefficient (Wildman–Crippen LogP) is 1.50. The molecule has 0 bridgehead atoms. The number of nitrogens with two attached hydrogens (primary N) is 1. The van der Waals surface area contributed by atoms with Gasteiger partial charge in [-0.1, -0.05) is 6.07 Å². The van der Waals surface area contributed by atoms with Gasteiger partial charge in [-0.25, -0.2) is 12.7 Å². The third kappa shape index (κ3) is 3.14. The summed E-state index contributed by atoms with van der Waals surface area (Å²) in [4.78, 5) is 0.129. The van der Waals surface area contributed by atoms with Crippen LogP contribution in [0, 0.1) is 0 Å². The van der Waals surface area contributed by atoms with Crippen molar-refractivity contribution in [3.63, 3.8) is 0 Å². The minimum absolute atomic E-state index is 0.129. The minimum Gasteiger partial charge on any atom is -0.396 e. The molecule has 3 N–H and O–H groups in total. The number of nitrogen functional groups attached to an aromatic ring is 1. The molecule has 0 spiro atoms. The Morgan fingerprint density at radius 3 is 2.67 bits per heavy atom. The summed E-state index contributed by atoms with van der Waals surface area (Å²) < 4.78 is 31.1. The highest BCUT2D eigenvalue weighted by atomic mass is 32.2. The Labute approximate surface area is 126 Å². The van der Waals surface area contributed by atoms with E-state index in [0.717, 1.165) is 23.6 Å². The largest absolute Gasteiger partial charge is 0.396 e. The summed E-state index contributed by atoms with van der Waals surface area (Å²) in [7, 11) is 1.14. The number of hydrogen-bond acceptors (Lipinski definition) is 5. The van der Waals surface area contributed by atoms with E-state index in [4.69, 9.17) is 10.5 Å². The number of rotatable bonds is 5. The van der Waals surface area contributed by atoms with Gasteiger partial charge in [-0.3, -0.25) is 0 Å². The van der Waals surface area contributed by atoms with Crippen LogP contribution >= 0.6 is 0 Å². The first kappa shape index (κ1) is 16.1. The van der Waals surface area contributed by atoms with Crippen molar-refractivity contribution in [2.24, 2.45) is 0 Å². The molecule has 1 aliphatic carbocycles. The van der Waals surface area contributed by atoms with E-state index in [9.17, 15) is 8.42 Å². The lowest BCUT2D eigenvalue weighted by molar-refractivity contribution is 0.101. The van der Waals surface area contributed by atoms with Gasteiger partial charge >= 0.3 is 0 Å². The molecule has 1 fully saturated rings. The summed E-state index contributed by atoms with van der Waals surface area (Å²) in [6, 6.07) is 5.19. The van der Waals surface area contributed by atoms with Crippen LogP contribution in [-0.4, -0.2) is 46.1 Å². The quantitative estimate of drug-likeness (QED) is 0.805. The highest BCUT2D eigenvalue weighted by molar-refractivity contribution is 7.89. The Balaban J connectivity index is 2.30. The van der Waals surface area contributed by atoms with Crippen LogP contribution in [0.3, 0.4) is 0 Å². The highest BCUT2D eigenvalue weighted by Crippen LogP contribution is 2.31. The zero-order valence-corrected chi connectivity index (χ0v) is 13.5. The number of hydrogen-bond donors (Lipinski definition) is 2. The number of anilines is 2. The molecule has 0 aliphatic heterocycles. The molecule has 21 heavy (non-hydrogen) atoms. The Hall–Kier alpha value is -1.31. The number of para-hydroxylation sites is 1. The maximum absolute atomic E-state index is 12.3. The van der Waals surface area contributed by atoms with E-state index in [1.54, 1.807) is 19.2 Å². The number of ether oxygens (including phenoxy) is 1. The summed E-state index contributed by atoms with van der Waals surface area (Å²) in [5.41, 5.74) is 6.97. The monoisotopic (exact) mass is 313 g/mol. The Morgan fingerprint density at radius 1 is 1.33 bits per heavy atom. The molecule has 1 aromatic carbocycles. The van der Waals surface area contributed by atoms with E-state index in [-0.39, 0.29) is 22.7 Å². The molecule has 1 aromatic rings. The predicted molar refractivity (Wildman–Crippen MR) is 83.8 cm³/mol. The number of nitrogens with zero attached hydrogens (tertiary/aromatic N) is 1. The van der Waals surface area contributed by atoms with E-state index in [2.05, 4.69) is 5.32 Å². The fourth-order valence-electron chi connectivity index (χ4n) is 2.66. The second-order valence-electron chi connectivity index (χ2n) is 5.46. The number of benzene rings is 1. The van der Waals surface area contributed by atoms with Gasteiger partial charge in [0, 0.05) is 21.2 Å². The van der Waals surface area contributed by atoms with Gasteiger partial charge in [0.05, 0.1) is 23.5 Å². The summed E-state index contributed by atoms with van der Waals surface area (Å²) in [5.74, 6) is 0. The Morgan fingerprint density at radius 2 is 2.05 bits per heavy atom. The van der Waals surface area contributed by atoms with Crippen LogP contribution in [0.4, 0.5) is 11.4 Å². The summed E-state index contributed by atoms with van der Waals surface area (Å²) >= 11 is 0. The molecular formula is C14H23N3O3S. The van der Waals surface area contributed by atoms with E-state index >= 15 is 0 Å². The highest BCUT2D eigenvalue weighted by Gasteiger charge is 2.28. The van der Waals surface area contributed by atoms with E-state index in [1.807, 2.05) is 0 Å². The second kappa shape index (κ2) is 6.21. The third-order valence-electron chi connectivity index (χ3n) is 3.92. The molecule has 2 rings (SSSR count). The third-order valence-corrected chi connectivity index (χ3v) is 5.79. The fourth-order valence-corrected chi connectivity index (χ4v) is 3.70. The first-order valence-corrected chi connectivity index (χ1v) is 8.42. The molecule has 6 nitrogen and oxygen atoms in total. The number of methoxy groups -OCH3 is 1. The molecule has 7 heteroatoms. The molecule has 0 radical (unpaired) electrons. The van der Waals surface area contributed by atoms with Crippen LogP contribution in [0.15, 0.2) is 23.1 Å². The maximum Gasteiger partial charge on any atom is 0.244 e. The van der Waals surface area contributed by atoms with Crippen LogP contribution in [0.2, 0.25) is 0 Å². The van der Waals surface area contributed by atoms with Crippen molar-refractivity contribution in [1.29, 1.82) is 0 Å². The van der Waals surface area contributed by atoms with Gasteiger partial charge in [0.15, 0.2) is 0 Å². The van der Waals surface area contributed by atoms with Crippen LogP contribution in [0.1, 0.15) is 19.3 Å². The fraction of sp³-hybridized carbons (Fsp3) is 0.571. The SMILES string of the molecule is COC1CCCC1Nc1cccc(S(=O)(=O)N(C)C)c1N. The maximum atomic E-state index is 12.3. The molecule has 0 saturated heterocycles. The molecular weight excluding hydrogens is 290 g/mol. The molecule has 0 amide bonds. The molecule has 118 valence electrons. The lowest BCUT2D eigenvalue weighted by Gasteiger charge is -2.23. The standard InChI is InChI=1S/C14H23N3O3S/c1-17(2)21(18,19)13-9-5-7-11(14(13)15)16-10-6-4-8-12(10)20-3/h5,7,9-10,12,16H,4,6,8,15H2,1-3H3. The van der Waals surface area contributed by atoms with Crippen molar-refractivity contribution < 1.29 is 13.2 Å².